The van der Waals surface area contributed by atoms with E-state index >= 15 is 0 Å². The van der Waals surface area contributed by atoms with Gasteiger partial charge in [0, 0.05) is 38.2 Å². The van der Waals surface area contributed by atoms with Crippen LogP contribution in [0.25, 0.3) is 0 Å². The van der Waals surface area contributed by atoms with Crippen LogP contribution in [0.1, 0.15) is 33.1 Å². The highest BCUT2D eigenvalue weighted by Crippen LogP contribution is 2.56. The molecule has 31 heavy (non-hydrogen) atoms. The number of allylic oxidation sites excluding steroid dienone is 6. The molecule has 0 aromatic heterocycles. The molecule has 0 saturated carbocycles. The van der Waals surface area contributed by atoms with Crippen molar-refractivity contribution in [1.82, 2.24) is 0 Å². The predicted molar refractivity (Wildman–Crippen MR) is 108 cm³/mol. The molecule has 0 spiro atoms. The first-order valence-corrected chi connectivity index (χ1v) is 10.3. The number of fused-ring (bicyclic) bond motifs is 5. The lowest BCUT2D eigenvalue weighted by Crippen LogP contribution is -2.32. The van der Waals surface area contributed by atoms with Gasteiger partial charge in [0.2, 0.25) is 0 Å². The summed E-state index contributed by atoms with van der Waals surface area (Å²) in [5.41, 5.74) is 1.66. The summed E-state index contributed by atoms with van der Waals surface area (Å²) < 4.78 is 10.5. The molecule has 0 fully saturated rings. The van der Waals surface area contributed by atoms with E-state index in [4.69, 9.17) is 9.47 Å². The normalized spacial score (nSPS) is 27.5. The van der Waals surface area contributed by atoms with Crippen molar-refractivity contribution in [1.29, 1.82) is 10.5 Å². The van der Waals surface area contributed by atoms with Crippen molar-refractivity contribution in [3.05, 3.63) is 46.1 Å². The molecule has 0 saturated heterocycles. The maximum absolute atomic E-state index is 12.9. The highest BCUT2D eigenvalue weighted by atomic mass is 16.5. The number of nitrogens with zero attached hydrogens (tertiary/aromatic N) is 2. The minimum atomic E-state index is -1.45. The van der Waals surface area contributed by atoms with E-state index in [1.165, 1.54) is 13.8 Å². The zero-order valence-electron chi connectivity index (χ0n) is 17.4. The monoisotopic (exact) mass is 418 g/mol. The van der Waals surface area contributed by atoms with Crippen molar-refractivity contribution in [2.24, 2.45) is 23.2 Å². The minimum absolute atomic E-state index is 0.00770. The Hall–Kier alpha value is -3.45. The number of carbonyl (C=O) groups excluding carboxylic acids is 3. The highest BCUT2D eigenvalue weighted by molar-refractivity contribution is 6.03. The van der Waals surface area contributed by atoms with Gasteiger partial charge >= 0.3 is 11.9 Å². The number of ketones is 1. The summed E-state index contributed by atoms with van der Waals surface area (Å²) >= 11 is 0. The van der Waals surface area contributed by atoms with Crippen molar-refractivity contribution >= 4 is 17.7 Å². The smallest absolute Gasteiger partial charge is 0.302 e. The van der Waals surface area contributed by atoms with E-state index in [2.05, 4.69) is 24.3 Å². The molecular formula is C24H22N2O5. The highest BCUT2D eigenvalue weighted by Gasteiger charge is 2.51. The Morgan fingerprint density at radius 2 is 1.77 bits per heavy atom. The van der Waals surface area contributed by atoms with Crippen LogP contribution >= 0.6 is 0 Å². The van der Waals surface area contributed by atoms with Crippen molar-refractivity contribution in [2.75, 3.05) is 13.2 Å². The third kappa shape index (κ3) is 3.41. The van der Waals surface area contributed by atoms with Gasteiger partial charge in [-0.15, -0.1) is 0 Å². The average molecular weight is 418 g/mol. The van der Waals surface area contributed by atoms with Gasteiger partial charge in [0.15, 0.2) is 11.2 Å². The molecule has 0 heterocycles. The van der Waals surface area contributed by atoms with Crippen LogP contribution in [-0.4, -0.2) is 30.9 Å². The fourth-order valence-electron chi connectivity index (χ4n) is 5.28. The first-order valence-electron chi connectivity index (χ1n) is 10.3. The molecule has 0 aromatic carbocycles. The van der Waals surface area contributed by atoms with Crippen molar-refractivity contribution in [3.8, 4) is 12.1 Å². The number of esters is 2. The Morgan fingerprint density at radius 1 is 1.10 bits per heavy atom. The maximum Gasteiger partial charge on any atom is 0.302 e. The summed E-state index contributed by atoms with van der Waals surface area (Å²) in [7, 11) is 0. The Kier molecular flexibility index (Phi) is 5.15. The maximum atomic E-state index is 12.9. The van der Waals surface area contributed by atoms with Crippen LogP contribution in [-0.2, 0) is 23.9 Å². The average Bonchev–Trinajstić information content (AvgIpc) is 3.22. The Labute approximate surface area is 180 Å². The lowest BCUT2D eigenvalue weighted by Gasteiger charge is -2.36. The number of rotatable bonds is 4. The molecule has 2 bridgehead atoms. The van der Waals surface area contributed by atoms with Crippen LogP contribution in [0.15, 0.2) is 46.1 Å². The SMILES string of the molecule is CC(=O)OCC1=C2CC(C#N)(C#N)C3=C[C@H]4C=CC(C4)[C@@H]3C(COC(C)=O)=C2CC1=O. The zero-order valence-corrected chi connectivity index (χ0v) is 17.4. The largest absolute Gasteiger partial charge is 0.461 e. The second kappa shape index (κ2) is 7.67. The van der Waals surface area contributed by atoms with E-state index in [0.29, 0.717) is 11.1 Å². The summed E-state index contributed by atoms with van der Waals surface area (Å²) in [6, 6.07) is 4.46. The van der Waals surface area contributed by atoms with Crippen LogP contribution in [0.5, 0.6) is 0 Å². The van der Waals surface area contributed by atoms with Crippen molar-refractivity contribution in [3.63, 3.8) is 0 Å². The molecule has 0 radical (unpaired) electrons. The standard InChI is InChI=1S/C24H22N2O5/c1-13(27)30-9-19-18-8-24(11-25,12-26)21-6-15-3-4-16(5-15)23(21)20(10-31-14(2)28)17(18)7-22(19)29/h3-4,6,15-16,23H,5,7-10H2,1-2H3/t15-,16?,23+/m0/s1. The number of ether oxygens (including phenoxy) is 2. The van der Waals surface area contributed by atoms with E-state index in [-0.39, 0.29) is 49.6 Å². The second-order valence-electron chi connectivity index (χ2n) is 8.48. The van der Waals surface area contributed by atoms with Gasteiger partial charge in [0.25, 0.3) is 0 Å². The molecule has 0 aromatic rings. The molecule has 4 aliphatic carbocycles. The van der Waals surface area contributed by atoms with Gasteiger partial charge in [-0.25, -0.2) is 0 Å². The van der Waals surface area contributed by atoms with Crippen LogP contribution in [0, 0.1) is 45.8 Å². The van der Waals surface area contributed by atoms with Gasteiger partial charge < -0.3 is 9.47 Å². The molecule has 0 aliphatic heterocycles. The number of hydrogen-bond donors (Lipinski definition) is 0. The van der Waals surface area contributed by atoms with Gasteiger partial charge in [-0.05, 0) is 40.5 Å². The molecule has 4 rings (SSSR count). The lowest BCUT2D eigenvalue weighted by molar-refractivity contribution is -0.141. The van der Waals surface area contributed by atoms with E-state index in [1.54, 1.807) is 0 Å². The second-order valence-corrected chi connectivity index (χ2v) is 8.48. The van der Waals surface area contributed by atoms with Gasteiger partial charge in [-0.3, -0.25) is 14.4 Å². The molecular weight excluding hydrogens is 396 g/mol. The van der Waals surface area contributed by atoms with Crippen LogP contribution in [0.2, 0.25) is 0 Å². The van der Waals surface area contributed by atoms with E-state index in [0.717, 1.165) is 23.1 Å². The summed E-state index contributed by atoms with van der Waals surface area (Å²) in [5.74, 6) is -1.22. The third-order valence-corrected chi connectivity index (χ3v) is 6.64. The van der Waals surface area contributed by atoms with E-state index in [1.807, 2.05) is 6.08 Å². The molecule has 7 nitrogen and oxygen atoms in total. The van der Waals surface area contributed by atoms with Crippen LogP contribution < -0.4 is 0 Å². The molecule has 0 N–H and O–H groups in total. The summed E-state index contributed by atoms with van der Waals surface area (Å²) in [6.07, 6.45) is 7.16. The topological polar surface area (TPSA) is 117 Å². The first kappa shape index (κ1) is 20.8. The lowest BCUT2D eigenvalue weighted by atomic mass is 9.65. The summed E-state index contributed by atoms with van der Waals surface area (Å²) in [6.45, 7) is 2.38. The van der Waals surface area contributed by atoms with Gasteiger partial charge in [0.05, 0.1) is 12.1 Å². The number of Topliss-reactive ketones (excluding diaryl/α,β-unsaturated/α-hetero) is 1. The summed E-state index contributed by atoms with van der Waals surface area (Å²) in [4.78, 5) is 35.8. The van der Waals surface area contributed by atoms with Crippen LogP contribution in [0.4, 0.5) is 0 Å². The predicted octanol–water partition coefficient (Wildman–Crippen LogP) is 2.86. The van der Waals surface area contributed by atoms with E-state index in [9.17, 15) is 24.9 Å². The Balaban J connectivity index is 1.94. The van der Waals surface area contributed by atoms with Gasteiger partial charge in [0.1, 0.15) is 13.2 Å². The molecule has 158 valence electrons. The molecule has 0 amide bonds. The van der Waals surface area contributed by atoms with Crippen molar-refractivity contribution in [2.45, 2.75) is 33.1 Å². The number of carbonyl (C=O) groups is 3. The van der Waals surface area contributed by atoms with Gasteiger partial charge in [-0.2, -0.15) is 10.5 Å². The van der Waals surface area contributed by atoms with Gasteiger partial charge in [-0.1, -0.05) is 18.2 Å². The molecule has 4 aliphatic rings. The molecule has 7 heteroatoms. The Bertz CT molecular complexity index is 1080. The van der Waals surface area contributed by atoms with E-state index < -0.39 is 17.4 Å². The third-order valence-electron chi connectivity index (χ3n) is 6.64. The summed E-state index contributed by atoms with van der Waals surface area (Å²) in [5, 5.41) is 20.3. The zero-order chi connectivity index (χ0) is 22.3. The first-order chi connectivity index (χ1) is 14.8. The Morgan fingerprint density at radius 3 is 2.42 bits per heavy atom. The molecule has 3 atom stereocenters. The van der Waals surface area contributed by atoms with Crippen LogP contribution in [0.3, 0.4) is 0 Å². The fraction of sp³-hybridized carbons (Fsp3) is 0.458. The fourth-order valence-corrected chi connectivity index (χ4v) is 5.28. The molecule has 1 unspecified atom stereocenters. The number of hydrogen-bond acceptors (Lipinski definition) is 7. The quantitative estimate of drug-likeness (QED) is 0.509. The number of nitriles is 2. The van der Waals surface area contributed by atoms with Crippen molar-refractivity contribution < 1.29 is 23.9 Å². The minimum Gasteiger partial charge on any atom is -0.461 e.